The summed E-state index contributed by atoms with van der Waals surface area (Å²) in [5.74, 6) is -0.789. The molecule has 0 unspecified atom stereocenters. The lowest BCUT2D eigenvalue weighted by Crippen LogP contribution is -2.40. The highest BCUT2D eigenvalue weighted by Gasteiger charge is 2.08. The molecule has 0 saturated carbocycles. The van der Waals surface area contributed by atoms with Gasteiger partial charge in [-0.3, -0.25) is 10.1 Å². The van der Waals surface area contributed by atoms with E-state index in [0.29, 0.717) is 0 Å². The van der Waals surface area contributed by atoms with Crippen molar-refractivity contribution >= 4 is 11.9 Å². The Morgan fingerprint density at radius 1 is 1.67 bits per heavy atom. The molecule has 5 nitrogen and oxygen atoms in total. The Bertz CT molecular complexity index is 132. The standard InChI is InChI=1S/C4H8N2O3/c1-2(7)3(8)6-4(5)9/h2,7H,1H3,(H3,5,6,8,9)/t2-/m0/s1. The summed E-state index contributed by atoms with van der Waals surface area (Å²) in [6, 6.07) is -0.957. The van der Waals surface area contributed by atoms with Gasteiger partial charge in [0.1, 0.15) is 6.10 Å². The van der Waals surface area contributed by atoms with E-state index in [-0.39, 0.29) is 0 Å². The molecule has 4 N–H and O–H groups in total. The molecule has 0 aromatic carbocycles. The summed E-state index contributed by atoms with van der Waals surface area (Å²) in [7, 11) is 0. The van der Waals surface area contributed by atoms with Crippen molar-refractivity contribution in [2.24, 2.45) is 5.73 Å². The molecule has 0 aliphatic heterocycles. The van der Waals surface area contributed by atoms with Gasteiger partial charge in [0, 0.05) is 0 Å². The van der Waals surface area contributed by atoms with Crippen LogP contribution in [0.15, 0.2) is 0 Å². The van der Waals surface area contributed by atoms with Crippen LogP contribution >= 0.6 is 0 Å². The minimum atomic E-state index is -1.20. The Hall–Kier alpha value is -1.10. The van der Waals surface area contributed by atoms with Gasteiger partial charge in [0.2, 0.25) is 0 Å². The Balaban J connectivity index is 3.64. The number of carbonyl (C=O) groups is 2. The van der Waals surface area contributed by atoms with Crippen molar-refractivity contribution in [3.63, 3.8) is 0 Å². The van der Waals surface area contributed by atoms with Crippen molar-refractivity contribution in [3.05, 3.63) is 0 Å². The number of hydrogen-bond acceptors (Lipinski definition) is 3. The van der Waals surface area contributed by atoms with E-state index in [1.807, 2.05) is 0 Å². The lowest BCUT2D eigenvalue weighted by Gasteiger charge is -2.00. The summed E-state index contributed by atoms with van der Waals surface area (Å²) in [5.41, 5.74) is 4.55. The molecule has 0 rings (SSSR count). The van der Waals surface area contributed by atoms with Crippen LogP contribution in [0.2, 0.25) is 0 Å². The van der Waals surface area contributed by atoms with E-state index in [0.717, 1.165) is 0 Å². The zero-order chi connectivity index (χ0) is 7.44. The van der Waals surface area contributed by atoms with Crippen LogP contribution in [0, 0.1) is 0 Å². The summed E-state index contributed by atoms with van der Waals surface area (Å²) in [6.45, 7) is 1.23. The fourth-order valence-electron chi connectivity index (χ4n) is 0.226. The molecule has 5 heteroatoms. The second-order valence-electron chi connectivity index (χ2n) is 1.53. The van der Waals surface area contributed by atoms with E-state index in [4.69, 9.17) is 5.11 Å². The highest BCUT2D eigenvalue weighted by Crippen LogP contribution is 1.76. The zero-order valence-corrected chi connectivity index (χ0v) is 4.92. The highest BCUT2D eigenvalue weighted by molar-refractivity contribution is 5.95. The maximum Gasteiger partial charge on any atom is 0.318 e. The van der Waals surface area contributed by atoms with Crippen molar-refractivity contribution in [2.45, 2.75) is 13.0 Å². The van der Waals surface area contributed by atoms with Crippen molar-refractivity contribution in [3.8, 4) is 0 Å². The molecule has 0 aliphatic rings. The molecule has 0 radical (unpaired) electrons. The molecule has 3 amide bonds. The van der Waals surface area contributed by atoms with Crippen molar-refractivity contribution in [1.29, 1.82) is 0 Å². The summed E-state index contributed by atoms with van der Waals surface area (Å²) in [4.78, 5) is 20.2. The molecule has 0 aromatic heterocycles. The summed E-state index contributed by atoms with van der Waals surface area (Å²) < 4.78 is 0. The number of rotatable bonds is 1. The third-order valence-corrected chi connectivity index (χ3v) is 0.626. The first-order valence-electron chi connectivity index (χ1n) is 2.32. The fourth-order valence-corrected chi connectivity index (χ4v) is 0.226. The van der Waals surface area contributed by atoms with Gasteiger partial charge in [-0.2, -0.15) is 0 Å². The van der Waals surface area contributed by atoms with Crippen molar-refractivity contribution in [2.75, 3.05) is 0 Å². The van der Waals surface area contributed by atoms with E-state index in [1.165, 1.54) is 6.92 Å². The molecular weight excluding hydrogens is 124 g/mol. The Kier molecular flexibility index (Phi) is 2.66. The van der Waals surface area contributed by atoms with Gasteiger partial charge in [0.25, 0.3) is 5.91 Å². The molecule has 0 bridgehead atoms. The minimum Gasteiger partial charge on any atom is -0.384 e. The largest absolute Gasteiger partial charge is 0.384 e. The van der Waals surface area contributed by atoms with Gasteiger partial charge in [-0.05, 0) is 6.92 Å². The molecule has 0 fully saturated rings. The second-order valence-corrected chi connectivity index (χ2v) is 1.53. The van der Waals surface area contributed by atoms with Gasteiger partial charge in [-0.25, -0.2) is 4.79 Å². The quantitative estimate of drug-likeness (QED) is 0.408. The molecule has 0 aromatic rings. The van der Waals surface area contributed by atoms with E-state index in [1.54, 1.807) is 5.32 Å². The Morgan fingerprint density at radius 2 is 2.11 bits per heavy atom. The molecule has 1 atom stereocenters. The fraction of sp³-hybridized carbons (Fsp3) is 0.500. The van der Waals surface area contributed by atoms with Gasteiger partial charge in [0.05, 0.1) is 0 Å². The number of aliphatic hydroxyl groups is 1. The lowest BCUT2D eigenvalue weighted by atomic mass is 10.4. The molecule has 0 heterocycles. The van der Waals surface area contributed by atoms with E-state index in [9.17, 15) is 9.59 Å². The SMILES string of the molecule is C[C@H](O)C(=O)NC(N)=O. The van der Waals surface area contributed by atoms with Crippen LogP contribution in [0.3, 0.4) is 0 Å². The van der Waals surface area contributed by atoms with Gasteiger partial charge < -0.3 is 10.8 Å². The van der Waals surface area contributed by atoms with Crippen LogP contribution in [0.25, 0.3) is 0 Å². The average molecular weight is 132 g/mol. The third kappa shape index (κ3) is 3.48. The third-order valence-electron chi connectivity index (χ3n) is 0.626. The van der Waals surface area contributed by atoms with Crippen LogP contribution in [0.4, 0.5) is 4.79 Å². The van der Waals surface area contributed by atoms with Gasteiger partial charge in [-0.15, -0.1) is 0 Å². The second kappa shape index (κ2) is 3.03. The molecule has 0 aliphatic carbocycles. The maximum absolute atomic E-state index is 10.3. The number of nitrogens with two attached hydrogens (primary N) is 1. The first-order chi connectivity index (χ1) is 4.04. The van der Waals surface area contributed by atoms with E-state index in [2.05, 4.69) is 5.73 Å². The number of aliphatic hydroxyl groups excluding tert-OH is 1. The van der Waals surface area contributed by atoms with E-state index >= 15 is 0 Å². The number of primary amides is 1. The van der Waals surface area contributed by atoms with Crippen molar-refractivity contribution in [1.82, 2.24) is 5.32 Å². The van der Waals surface area contributed by atoms with Crippen molar-refractivity contribution < 1.29 is 14.7 Å². The predicted octanol–water partition coefficient (Wildman–Crippen LogP) is -1.44. The van der Waals surface area contributed by atoms with Crippen LogP contribution in [-0.2, 0) is 4.79 Å². The summed E-state index contributed by atoms with van der Waals surface area (Å²) in [6.07, 6.45) is -1.20. The van der Waals surface area contributed by atoms with Crippen LogP contribution in [0.5, 0.6) is 0 Å². The topological polar surface area (TPSA) is 92.4 Å². The van der Waals surface area contributed by atoms with E-state index < -0.39 is 18.0 Å². The molecule has 52 valence electrons. The smallest absolute Gasteiger partial charge is 0.318 e. The number of hydrogen-bond donors (Lipinski definition) is 3. The number of nitrogens with one attached hydrogen (secondary N) is 1. The number of amides is 3. The molecular formula is C4H8N2O3. The monoisotopic (exact) mass is 132 g/mol. The van der Waals surface area contributed by atoms with Gasteiger partial charge >= 0.3 is 6.03 Å². The zero-order valence-electron chi connectivity index (χ0n) is 4.92. The number of carbonyl (C=O) groups excluding carboxylic acids is 2. The van der Waals surface area contributed by atoms with Crippen LogP contribution in [0.1, 0.15) is 6.92 Å². The first kappa shape index (κ1) is 7.90. The maximum atomic E-state index is 10.3. The van der Waals surface area contributed by atoms with Crippen LogP contribution in [-0.4, -0.2) is 23.1 Å². The van der Waals surface area contributed by atoms with Gasteiger partial charge in [0.15, 0.2) is 0 Å². The summed E-state index contributed by atoms with van der Waals surface area (Å²) in [5, 5.41) is 10.1. The van der Waals surface area contributed by atoms with Crippen LogP contribution < -0.4 is 11.1 Å². The Morgan fingerprint density at radius 3 is 2.22 bits per heavy atom. The lowest BCUT2D eigenvalue weighted by molar-refractivity contribution is -0.127. The minimum absolute atomic E-state index is 0.789. The summed E-state index contributed by atoms with van der Waals surface area (Å²) >= 11 is 0. The number of urea groups is 1. The number of imide groups is 1. The predicted molar refractivity (Wildman–Crippen MR) is 29.4 cm³/mol. The van der Waals surface area contributed by atoms with Gasteiger partial charge in [-0.1, -0.05) is 0 Å². The molecule has 0 saturated heterocycles. The highest BCUT2D eigenvalue weighted by atomic mass is 16.3. The molecule has 9 heavy (non-hydrogen) atoms. The molecule has 0 spiro atoms. The average Bonchev–Trinajstić information content (AvgIpc) is 1.63. The Labute approximate surface area is 51.8 Å². The first-order valence-corrected chi connectivity index (χ1v) is 2.32. The normalized spacial score (nSPS) is 12.2.